The quantitative estimate of drug-likeness (QED) is 0.251. The molecule has 0 aliphatic carbocycles. The van der Waals surface area contributed by atoms with Crippen LogP contribution in [-0.4, -0.2) is 61.3 Å². The van der Waals surface area contributed by atoms with Crippen molar-refractivity contribution in [2.24, 2.45) is 0 Å². The first-order valence-corrected chi connectivity index (χ1v) is 12.7. The van der Waals surface area contributed by atoms with E-state index in [0.29, 0.717) is 24.0 Å². The number of hydrogen-bond acceptors (Lipinski definition) is 6. The van der Waals surface area contributed by atoms with Crippen molar-refractivity contribution >= 4 is 26.0 Å². The Hall–Kier alpha value is -3.36. The summed E-state index contributed by atoms with van der Waals surface area (Å²) in [4.78, 5) is 15.1. The maximum absolute atomic E-state index is 10.4. The van der Waals surface area contributed by atoms with E-state index in [2.05, 4.69) is 44.6 Å². The molecule has 2 aromatic heterocycles. The summed E-state index contributed by atoms with van der Waals surface area (Å²) in [5.74, 6) is 1.61. The van der Waals surface area contributed by atoms with Gasteiger partial charge in [-0.1, -0.05) is 40.2 Å². The van der Waals surface area contributed by atoms with E-state index in [-0.39, 0.29) is 13.2 Å². The lowest BCUT2D eigenvalue weighted by atomic mass is 10.6. The van der Waals surface area contributed by atoms with Crippen molar-refractivity contribution in [1.29, 1.82) is 0 Å². The minimum Gasteiger partial charge on any atom is -0.504 e. The van der Waals surface area contributed by atoms with E-state index in [1.165, 1.54) is 20.4 Å². The first-order valence-electron chi connectivity index (χ1n) is 8.95. The first kappa shape index (κ1) is 31.8. The largest absolute Gasteiger partial charge is 0.504 e. The molecule has 0 fully saturated rings. The van der Waals surface area contributed by atoms with Gasteiger partial charge in [0.2, 0.25) is 6.29 Å². The van der Waals surface area contributed by atoms with Crippen LogP contribution in [0.5, 0.6) is 11.5 Å². The number of nitrogens with zero attached hydrogens (tertiary/aromatic N) is 5. The van der Waals surface area contributed by atoms with Gasteiger partial charge in [0.15, 0.2) is 18.2 Å². The van der Waals surface area contributed by atoms with Gasteiger partial charge in [0.25, 0.3) is 5.82 Å². The average Bonchev–Trinajstić information content (AvgIpc) is 3.36. The topological polar surface area (TPSA) is 100.0 Å². The van der Waals surface area contributed by atoms with E-state index in [4.69, 9.17) is 32.1 Å². The fourth-order valence-corrected chi connectivity index (χ4v) is 2.47. The number of nitrogens with one attached hydrogen (secondary N) is 1. The monoisotopic (exact) mass is 490 g/mol. The Morgan fingerprint density at radius 2 is 1.76 bits per heavy atom. The van der Waals surface area contributed by atoms with Crippen LogP contribution >= 0.6 is 0 Å². The molecule has 1 N–H and O–H groups in total. The number of carbonyl (C=O) groups excluding carboxylic acids is 1. The zero-order valence-corrected chi connectivity index (χ0v) is 19.4. The van der Waals surface area contributed by atoms with Gasteiger partial charge in [0.05, 0.1) is 20.4 Å². The SMILES string of the molecule is C.O=CC(F)(F)F.[C-]#[N+]c1[nH]ncc1OC.[C-]#[N+]c1nn(COCC[Si](C)(C)C)cc1OC. The molecule has 0 spiro atoms. The number of H-pyrrole nitrogens is 1. The van der Waals surface area contributed by atoms with Gasteiger partial charge in [-0.25, -0.2) is 5.10 Å². The standard InChI is InChI=1S/C11H19N3O2Si.C5H5N3O.C2HF3O.CH4/c1-12-11-10(15-2)8-14(13-11)9-16-6-7-17(3,4)5;1-6-5-4(9-2)3-7-8-5;3-2(4,5)1-6;/h8H,6-7,9H2,2-5H3;3H,2H3,(H,7,8);1H;1H4. The number of hydrogen-bond donors (Lipinski definition) is 1. The molecule has 2 aromatic rings. The van der Waals surface area contributed by atoms with Gasteiger partial charge in [0, 0.05) is 14.7 Å². The lowest BCUT2D eigenvalue weighted by Gasteiger charge is -2.14. The molecule has 14 heteroatoms. The molecule has 0 aliphatic rings. The Labute approximate surface area is 192 Å². The molecule has 184 valence electrons. The minimum atomic E-state index is -4.64. The number of methoxy groups -OCH3 is 2. The minimum absolute atomic E-state index is 0. The number of carbonyl (C=O) groups is 1. The van der Waals surface area contributed by atoms with Crippen molar-refractivity contribution in [1.82, 2.24) is 20.0 Å². The molecule has 0 radical (unpaired) electrons. The first-order chi connectivity index (χ1) is 14.9. The second-order valence-electron chi connectivity index (χ2n) is 7.08. The van der Waals surface area contributed by atoms with Gasteiger partial charge in [-0.15, -0.1) is 5.10 Å². The molecule has 2 rings (SSSR count). The highest BCUT2D eigenvalue weighted by Gasteiger charge is 2.24. The highest BCUT2D eigenvalue weighted by atomic mass is 28.3. The lowest BCUT2D eigenvalue weighted by Crippen LogP contribution is -2.22. The highest BCUT2D eigenvalue weighted by Crippen LogP contribution is 2.24. The van der Waals surface area contributed by atoms with Crippen LogP contribution in [0.3, 0.4) is 0 Å². The summed E-state index contributed by atoms with van der Waals surface area (Å²) >= 11 is 0. The predicted molar refractivity (Wildman–Crippen MR) is 119 cm³/mol. The van der Waals surface area contributed by atoms with E-state index in [9.17, 15) is 13.2 Å². The van der Waals surface area contributed by atoms with Crippen LogP contribution in [0, 0.1) is 13.1 Å². The van der Waals surface area contributed by atoms with E-state index in [1.54, 1.807) is 10.9 Å². The molecule has 0 aromatic carbocycles. The summed E-state index contributed by atoms with van der Waals surface area (Å²) in [6.45, 7) is 21.6. The zero-order valence-electron chi connectivity index (χ0n) is 18.4. The fourth-order valence-electron chi connectivity index (χ4n) is 1.71. The van der Waals surface area contributed by atoms with Crippen molar-refractivity contribution in [2.45, 2.75) is 46.0 Å². The molecule has 0 saturated heterocycles. The summed E-state index contributed by atoms with van der Waals surface area (Å²) in [5.41, 5.74) is 0. The number of alkyl halides is 3. The number of aromatic nitrogens is 4. The van der Waals surface area contributed by atoms with Gasteiger partial charge in [-0.3, -0.25) is 4.79 Å². The van der Waals surface area contributed by atoms with Crippen LogP contribution in [0.1, 0.15) is 7.43 Å². The molecule has 0 amide bonds. The summed E-state index contributed by atoms with van der Waals surface area (Å²) in [6, 6.07) is 1.13. The van der Waals surface area contributed by atoms with Crippen molar-refractivity contribution in [2.75, 3.05) is 20.8 Å². The third-order valence-electron chi connectivity index (χ3n) is 3.31. The Morgan fingerprint density at radius 1 is 1.18 bits per heavy atom. The lowest BCUT2D eigenvalue weighted by molar-refractivity contribution is -0.156. The fraction of sp³-hybridized carbons (Fsp3) is 0.526. The Morgan fingerprint density at radius 3 is 2.12 bits per heavy atom. The third-order valence-corrected chi connectivity index (χ3v) is 5.01. The molecule has 0 unspecified atom stereocenters. The van der Waals surface area contributed by atoms with Crippen LogP contribution in [0.4, 0.5) is 24.8 Å². The number of aldehydes is 1. The van der Waals surface area contributed by atoms with Crippen LogP contribution in [0.15, 0.2) is 12.4 Å². The van der Waals surface area contributed by atoms with Gasteiger partial charge < -0.3 is 23.9 Å². The van der Waals surface area contributed by atoms with Gasteiger partial charge in [0.1, 0.15) is 6.20 Å². The normalized spacial score (nSPS) is 10.1. The molecule has 0 saturated carbocycles. The maximum atomic E-state index is 10.4. The number of aromatic amines is 1. The Kier molecular flexibility index (Phi) is 14.9. The smallest absolute Gasteiger partial charge is 0.446 e. The van der Waals surface area contributed by atoms with E-state index >= 15 is 0 Å². The van der Waals surface area contributed by atoms with Crippen LogP contribution in [0.25, 0.3) is 9.69 Å². The van der Waals surface area contributed by atoms with Crippen LogP contribution < -0.4 is 9.47 Å². The van der Waals surface area contributed by atoms with Crippen molar-refractivity contribution in [3.05, 3.63) is 35.2 Å². The average molecular weight is 491 g/mol. The summed E-state index contributed by atoms with van der Waals surface area (Å²) in [5, 5.41) is 10.1. The van der Waals surface area contributed by atoms with Crippen molar-refractivity contribution < 1.29 is 32.2 Å². The summed E-state index contributed by atoms with van der Waals surface area (Å²) < 4.78 is 48.2. The van der Waals surface area contributed by atoms with E-state index < -0.39 is 20.5 Å². The third kappa shape index (κ3) is 14.3. The number of ether oxygens (including phenoxy) is 3. The maximum Gasteiger partial charge on any atom is 0.446 e. The Balaban J connectivity index is 0. The Bertz CT molecular complexity index is 910. The van der Waals surface area contributed by atoms with Gasteiger partial charge >= 0.3 is 12.0 Å². The molecule has 10 nitrogen and oxygen atoms in total. The van der Waals surface area contributed by atoms with E-state index in [0.717, 1.165) is 12.7 Å². The molecule has 33 heavy (non-hydrogen) atoms. The molecule has 0 aliphatic heterocycles. The number of rotatable bonds is 7. The summed E-state index contributed by atoms with van der Waals surface area (Å²) in [7, 11) is 1.99. The van der Waals surface area contributed by atoms with E-state index in [1.807, 2.05) is 0 Å². The molecule has 0 bridgehead atoms. The summed E-state index contributed by atoms with van der Waals surface area (Å²) in [6.07, 6.45) is -2.55. The second kappa shape index (κ2) is 15.4. The molecular weight excluding hydrogens is 461 g/mol. The highest BCUT2D eigenvalue weighted by molar-refractivity contribution is 6.76. The molecular formula is C19H29F3N6O4Si. The zero-order chi connectivity index (χ0) is 24.8. The predicted octanol–water partition coefficient (Wildman–Crippen LogP) is 5.11. The molecule has 0 atom stereocenters. The van der Waals surface area contributed by atoms with Crippen molar-refractivity contribution in [3.8, 4) is 11.5 Å². The van der Waals surface area contributed by atoms with Gasteiger partial charge in [-0.05, 0) is 11.1 Å². The number of halogens is 3. The van der Waals surface area contributed by atoms with Crippen molar-refractivity contribution in [3.63, 3.8) is 0 Å². The van der Waals surface area contributed by atoms with Crippen LogP contribution in [0.2, 0.25) is 25.7 Å². The molecule has 2 heterocycles. The van der Waals surface area contributed by atoms with Gasteiger partial charge in [-0.2, -0.15) is 17.9 Å². The second-order valence-corrected chi connectivity index (χ2v) is 12.7. The van der Waals surface area contributed by atoms with Crippen LogP contribution in [-0.2, 0) is 16.3 Å².